The molecule has 0 aliphatic rings. The van der Waals surface area contributed by atoms with Crippen LogP contribution < -0.4 is 14.8 Å². The lowest BCUT2D eigenvalue weighted by Gasteiger charge is -2.09. The molecule has 2 N–H and O–H groups in total. The average Bonchev–Trinajstić information content (AvgIpc) is 2.81. The fourth-order valence-corrected chi connectivity index (χ4v) is 4.01. The van der Waals surface area contributed by atoms with Crippen molar-refractivity contribution in [2.24, 2.45) is 0 Å². The highest BCUT2D eigenvalue weighted by Gasteiger charge is 2.17. The number of hydrogen-bond donors (Lipinski definition) is 2. The largest absolute Gasteiger partial charge is 0.494 e. The monoisotopic (exact) mass is 491 g/mol. The molecule has 0 atom stereocenters. The third-order valence-corrected chi connectivity index (χ3v) is 6.00. The van der Waals surface area contributed by atoms with Gasteiger partial charge in [-0.2, -0.15) is 5.26 Å². The highest BCUT2D eigenvalue weighted by molar-refractivity contribution is 7.92. The highest BCUT2D eigenvalue weighted by atomic mass is 32.2. The Balaban J connectivity index is 1.69. The molecule has 3 rings (SSSR count). The lowest BCUT2D eigenvalue weighted by molar-refractivity contribution is -0.112. The maximum Gasteiger partial charge on any atom is 0.266 e. The van der Waals surface area contributed by atoms with E-state index in [1.54, 1.807) is 44.2 Å². The molecule has 0 bridgehead atoms. The maximum atomic E-state index is 12.7. The Kier molecular flexibility index (Phi) is 8.17. The van der Waals surface area contributed by atoms with Gasteiger partial charge >= 0.3 is 0 Å². The number of sulfonamides is 1. The summed E-state index contributed by atoms with van der Waals surface area (Å²) in [5, 5.41) is 12.0. The molecule has 2 aromatic carbocycles. The van der Waals surface area contributed by atoms with Crippen LogP contribution in [0.5, 0.6) is 5.75 Å². The summed E-state index contributed by atoms with van der Waals surface area (Å²) >= 11 is 0. The van der Waals surface area contributed by atoms with Crippen LogP contribution in [0.1, 0.15) is 30.3 Å². The van der Waals surface area contributed by atoms with Gasteiger partial charge in [0.05, 0.1) is 11.5 Å². The van der Waals surface area contributed by atoms with E-state index < -0.39 is 15.9 Å². The van der Waals surface area contributed by atoms with E-state index in [0.29, 0.717) is 35.0 Å². The van der Waals surface area contributed by atoms with Crippen LogP contribution in [0, 0.1) is 25.2 Å². The van der Waals surface area contributed by atoms with Gasteiger partial charge in [0.15, 0.2) is 0 Å². The van der Waals surface area contributed by atoms with Gasteiger partial charge in [-0.3, -0.25) is 4.79 Å². The number of rotatable bonds is 9. The van der Waals surface area contributed by atoms with Gasteiger partial charge in [0, 0.05) is 17.1 Å². The van der Waals surface area contributed by atoms with E-state index in [1.807, 2.05) is 13.0 Å². The molecule has 0 saturated carbocycles. The first kappa shape index (κ1) is 25.4. The minimum absolute atomic E-state index is 0.0198. The number of aryl methyl sites for hydroxylation is 2. The molecular formula is C25H25N5O4S. The summed E-state index contributed by atoms with van der Waals surface area (Å²) in [6.45, 7) is 6.10. The van der Waals surface area contributed by atoms with Crippen LogP contribution in [-0.2, 0) is 14.8 Å². The Morgan fingerprint density at radius 2 is 1.69 bits per heavy atom. The number of anilines is 2. The van der Waals surface area contributed by atoms with Gasteiger partial charge in [-0.25, -0.2) is 23.1 Å². The summed E-state index contributed by atoms with van der Waals surface area (Å²) in [5.74, 6) is 0.0744. The minimum atomic E-state index is -3.93. The van der Waals surface area contributed by atoms with Crippen LogP contribution in [0.15, 0.2) is 65.1 Å². The summed E-state index contributed by atoms with van der Waals surface area (Å²) in [5.41, 5.74) is 2.17. The van der Waals surface area contributed by atoms with Crippen molar-refractivity contribution in [2.45, 2.75) is 32.1 Å². The standard InChI is InChI=1S/C25H25N5O4S/c1-4-13-34-22-9-5-19(6-10-22)15-20(16-26)24(31)29-21-7-11-23(12-8-21)35(32,33)30-25-27-17(2)14-18(3)28-25/h5-12,14-15H,4,13H2,1-3H3,(H,29,31)(H,27,28,30)/b20-15+. The van der Waals surface area contributed by atoms with Gasteiger partial charge in [-0.15, -0.1) is 0 Å². The number of nitriles is 1. The first-order chi connectivity index (χ1) is 16.7. The minimum Gasteiger partial charge on any atom is -0.494 e. The molecule has 1 heterocycles. The summed E-state index contributed by atoms with van der Waals surface area (Å²) in [7, 11) is -3.93. The number of benzene rings is 2. The molecule has 0 saturated heterocycles. The van der Waals surface area contributed by atoms with Crippen LogP contribution in [0.25, 0.3) is 6.08 Å². The normalized spacial score (nSPS) is 11.4. The molecule has 180 valence electrons. The number of ether oxygens (including phenoxy) is 1. The van der Waals surface area contributed by atoms with Crippen molar-refractivity contribution >= 4 is 33.6 Å². The zero-order chi connectivity index (χ0) is 25.4. The molecule has 35 heavy (non-hydrogen) atoms. The van der Waals surface area contributed by atoms with Gasteiger partial charge in [-0.05, 0) is 74.4 Å². The van der Waals surface area contributed by atoms with Crippen LogP contribution >= 0.6 is 0 Å². The Morgan fingerprint density at radius 1 is 1.06 bits per heavy atom. The topological polar surface area (TPSA) is 134 Å². The van der Waals surface area contributed by atoms with Crippen LogP contribution in [0.3, 0.4) is 0 Å². The first-order valence-electron chi connectivity index (χ1n) is 10.8. The lowest BCUT2D eigenvalue weighted by atomic mass is 10.1. The van der Waals surface area contributed by atoms with E-state index in [2.05, 4.69) is 20.0 Å². The fourth-order valence-electron chi connectivity index (χ4n) is 3.06. The van der Waals surface area contributed by atoms with Gasteiger partial charge in [0.1, 0.15) is 17.4 Å². The number of amides is 1. The summed E-state index contributed by atoms with van der Waals surface area (Å²) in [4.78, 5) is 20.7. The van der Waals surface area contributed by atoms with Crippen molar-refractivity contribution in [1.29, 1.82) is 5.26 Å². The molecule has 1 amide bonds. The molecule has 0 aliphatic carbocycles. The molecule has 0 fully saturated rings. The maximum absolute atomic E-state index is 12.7. The number of carbonyl (C=O) groups excluding carboxylic acids is 1. The number of carbonyl (C=O) groups is 1. The molecular weight excluding hydrogens is 466 g/mol. The van der Waals surface area contributed by atoms with E-state index in [0.717, 1.165) is 6.42 Å². The molecule has 0 aliphatic heterocycles. The Labute approximate surface area is 204 Å². The summed E-state index contributed by atoms with van der Waals surface area (Å²) in [6, 6.07) is 16.2. The lowest BCUT2D eigenvalue weighted by Crippen LogP contribution is -2.16. The van der Waals surface area contributed by atoms with E-state index in [9.17, 15) is 18.5 Å². The summed E-state index contributed by atoms with van der Waals surface area (Å²) in [6.07, 6.45) is 2.36. The number of hydrogen-bond acceptors (Lipinski definition) is 7. The first-order valence-corrected chi connectivity index (χ1v) is 12.3. The van der Waals surface area contributed by atoms with Crippen LogP contribution in [0.2, 0.25) is 0 Å². The van der Waals surface area contributed by atoms with Gasteiger partial charge in [0.2, 0.25) is 5.95 Å². The second kappa shape index (κ2) is 11.3. The average molecular weight is 492 g/mol. The highest BCUT2D eigenvalue weighted by Crippen LogP contribution is 2.19. The van der Waals surface area contributed by atoms with E-state index >= 15 is 0 Å². The fraction of sp³-hybridized carbons (Fsp3) is 0.200. The molecule has 3 aromatic rings. The number of aromatic nitrogens is 2. The molecule has 0 spiro atoms. The van der Waals surface area contributed by atoms with Crippen molar-refractivity contribution in [1.82, 2.24) is 9.97 Å². The predicted molar refractivity (Wildman–Crippen MR) is 133 cm³/mol. The van der Waals surface area contributed by atoms with Crippen molar-refractivity contribution < 1.29 is 17.9 Å². The van der Waals surface area contributed by atoms with Gasteiger partial charge < -0.3 is 10.1 Å². The molecule has 9 nitrogen and oxygen atoms in total. The second-order valence-corrected chi connectivity index (χ2v) is 9.33. The Morgan fingerprint density at radius 3 is 2.26 bits per heavy atom. The summed E-state index contributed by atoms with van der Waals surface area (Å²) < 4.78 is 33.2. The smallest absolute Gasteiger partial charge is 0.266 e. The van der Waals surface area contributed by atoms with Crippen molar-refractivity contribution in [3.8, 4) is 11.8 Å². The number of nitrogens with one attached hydrogen (secondary N) is 2. The molecule has 10 heteroatoms. The zero-order valence-corrected chi connectivity index (χ0v) is 20.4. The number of nitrogens with zero attached hydrogens (tertiary/aromatic N) is 3. The van der Waals surface area contributed by atoms with E-state index in [1.165, 1.54) is 30.3 Å². The van der Waals surface area contributed by atoms with Crippen molar-refractivity contribution in [2.75, 3.05) is 16.6 Å². The third-order valence-electron chi connectivity index (χ3n) is 4.66. The Hall–Kier alpha value is -4.23. The van der Waals surface area contributed by atoms with Crippen LogP contribution in [-0.4, -0.2) is 30.9 Å². The SMILES string of the molecule is CCCOc1ccc(/C=C(\C#N)C(=O)Nc2ccc(S(=O)(=O)Nc3nc(C)cc(C)n3)cc2)cc1. The molecule has 1 aromatic heterocycles. The van der Waals surface area contributed by atoms with Crippen molar-refractivity contribution in [3.63, 3.8) is 0 Å². The van der Waals surface area contributed by atoms with Crippen LogP contribution in [0.4, 0.5) is 11.6 Å². The molecule has 0 radical (unpaired) electrons. The Bertz CT molecular complexity index is 1360. The zero-order valence-electron chi connectivity index (χ0n) is 19.6. The third kappa shape index (κ3) is 7.12. The second-order valence-electron chi connectivity index (χ2n) is 7.65. The van der Waals surface area contributed by atoms with Gasteiger partial charge in [0.25, 0.3) is 15.9 Å². The van der Waals surface area contributed by atoms with Gasteiger partial charge in [-0.1, -0.05) is 19.1 Å². The quantitative estimate of drug-likeness (QED) is 0.338. The van der Waals surface area contributed by atoms with E-state index in [-0.39, 0.29) is 16.4 Å². The molecule has 0 unspecified atom stereocenters. The van der Waals surface area contributed by atoms with E-state index in [4.69, 9.17) is 4.74 Å². The predicted octanol–water partition coefficient (Wildman–Crippen LogP) is 4.23. The van der Waals surface area contributed by atoms with Crippen molar-refractivity contribution in [3.05, 3.63) is 77.1 Å².